The molecule has 2 nitrogen and oxygen atoms in total. The highest BCUT2D eigenvalue weighted by Crippen LogP contribution is 2.35. The first kappa shape index (κ1) is 15.3. The molecule has 0 radical (unpaired) electrons. The molecule has 6 heteroatoms. The Kier molecular flexibility index (Phi) is 4.18. The predicted molar refractivity (Wildman–Crippen MR) is 68.6 cm³/mol. The van der Waals surface area contributed by atoms with Gasteiger partial charge in [0.2, 0.25) is 0 Å². The molecule has 0 aromatic heterocycles. The van der Waals surface area contributed by atoms with Gasteiger partial charge in [0.25, 0.3) is 0 Å². The van der Waals surface area contributed by atoms with Crippen LogP contribution < -0.4 is 4.74 Å². The molecule has 0 atom stereocenters. The van der Waals surface area contributed by atoms with E-state index in [0.29, 0.717) is 5.56 Å². The van der Waals surface area contributed by atoms with Gasteiger partial charge in [-0.2, -0.15) is 13.2 Å². The first-order valence-electron chi connectivity index (χ1n) is 6.06. The zero-order valence-electron chi connectivity index (χ0n) is 11.0. The number of rotatable bonds is 3. The third-order valence-electron chi connectivity index (χ3n) is 2.92. The van der Waals surface area contributed by atoms with Gasteiger partial charge in [-0.1, -0.05) is 12.1 Å². The van der Waals surface area contributed by atoms with E-state index in [2.05, 4.69) is 0 Å². The highest BCUT2D eigenvalue weighted by atomic mass is 19.4. The molecule has 0 saturated heterocycles. The molecule has 1 N–H and O–H groups in total. The first-order valence-corrected chi connectivity index (χ1v) is 6.06. The lowest BCUT2D eigenvalue weighted by Crippen LogP contribution is -2.07. The van der Waals surface area contributed by atoms with Crippen molar-refractivity contribution in [1.29, 1.82) is 0 Å². The molecular formula is C15H12F4O2. The van der Waals surface area contributed by atoms with Gasteiger partial charge in [-0.25, -0.2) is 4.39 Å². The van der Waals surface area contributed by atoms with Crippen LogP contribution in [0.1, 0.15) is 16.7 Å². The first-order chi connectivity index (χ1) is 9.81. The number of aliphatic hydroxyl groups is 1. The van der Waals surface area contributed by atoms with Gasteiger partial charge in [0, 0.05) is 0 Å². The normalized spacial score (nSPS) is 11.5. The fourth-order valence-electron chi connectivity index (χ4n) is 1.82. The van der Waals surface area contributed by atoms with Crippen molar-refractivity contribution in [2.24, 2.45) is 0 Å². The number of hydrogen-bond donors (Lipinski definition) is 1. The van der Waals surface area contributed by atoms with E-state index in [9.17, 15) is 17.6 Å². The van der Waals surface area contributed by atoms with Crippen molar-refractivity contribution in [3.8, 4) is 11.5 Å². The summed E-state index contributed by atoms with van der Waals surface area (Å²) >= 11 is 0. The average Bonchev–Trinajstić information content (AvgIpc) is 2.41. The standard InChI is InChI=1S/C15H12F4O2/c1-9-2-4-11(7-12(9)15(17,18)19)21-14-5-3-10(8-20)6-13(14)16/h2-7,20H,8H2,1H3. The molecule has 0 fully saturated rings. The monoisotopic (exact) mass is 300 g/mol. The maximum atomic E-state index is 13.7. The van der Waals surface area contributed by atoms with Crippen LogP contribution in [0.25, 0.3) is 0 Å². The molecule has 0 unspecified atom stereocenters. The van der Waals surface area contributed by atoms with E-state index in [-0.39, 0.29) is 23.7 Å². The molecule has 0 bridgehead atoms. The molecule has 0 aliphatic carbocycles. The van der Waals surface area contributed by atoms with Crippen molar-refractivity contribution in [2.45, 2.75) is 19.7 Å². The van der Waals surface area contributed by atoms with E-state index in [1.807, 2.05) is 0 Å². The van der Waals surface area contributed by atoms with Gasteiger partial charge in [-0.05, 0) is 42.3 Å². The van der Waals surface area contributed by atoms with Crippen molar-refractivity contribution < 1.29 is 27.4 Å². The van der Waals surface area contributed by atoms with Crippen molar-refractivity contribution in [3.63, 3.8) is 0 Å². The summed E-state index contributed by atoms with van der Waals surface area (Å²) < 4.78 is 57.2. The number of benzene rings is 2. The molecular weight excluding hydrogens is 288 g/mol. The molecule has 0 spiro atoms. The Labute approximate surface area is 118 Å². The summed E-state index contributed by atoms with van der Waals surface area (Å²) in [7, 11) is 0. The highest BCUT2D eigenvalue weighted by Gasteiger charge is 2.32. The predicted octanol–water partition coefficient (Wildman–Crippen LogP) is 4.44. The van der Waals surface area contributed by atoms with Crippen molar-refractivity contribution in [2.75, 3.05) is 0 Å². The van der Waals surface area contributed by atoms with Crippen molar-refractivity contribution >= 4 is 0 Å². The summed E-state index contributed by atoms with van der Waals surface area (Å²) in [5.41, 5.74) is -0.418. The van der Waals surface area contributed by atoms with Gasteiger partial charge in [0.15, 0.2) is 11.6 Å². The molecule has 0 aliphatic heterocycles. The molecule has 0 aliphatic rings. The van der Waals surface area contributed by atoms with Crippen LogP contribution in [0.5, 0.6) is 11.5 Å². The quantitative estimate of drug-likeness (QED) is 0.849. The third kappa shape index (κ3) is 3.52. The van der Waals surface area contributed by atoms with Crippen LogP contribution in [0.15, 0.2) is 36.4 Å². The van der Waals surface area contributed by atoms with Crippen LogP contribution in [0.4, 0.5) is 17.6 Å². The molecule has 21 heavy (non-hydrogen) atoms. The van der Waals surface area contributed by atoms with Gasteiger partial charge >= 0.3 is 6.18 Å². The Bertz CT molecular complexity index is 651. The minimum absolute atomic E-state index is 0.0611. The van der Waals surface area contributed by atoms with Gasteiger partial charge in [-0.3, -0.25) is 0 Å². The van der Waals surface area contributed by atoms with Crippen molar-refractivity contribution in [3.05, 3.63) is 58.9 Å². The summed E-state index contributed by atoms with van der Waals surface area (Å²) in [6.45, 7) is 1.00. The van der Waals surface area contributed by atoms with Crippen LogP contribution in [0.2, 0.25) is 0 Å². The summed E-state index contributed by atoms with van der Waals surface area (Å²) in [4.78, 5) is 0. The zero-order valence-corrected chi connectivity index (χ0v) is 11.0. The van der Waals surface area contributed by atoms with E-state index in [4.69, 9.17) is 9.84 Å². The Morgan fingerprint density at radius 1 is 1.10 bits per heavy atom. The summed E-state index contributed by atoms with van der Waals surface area (Å²) in [5, 5.41) is 8.87. The summed E-state index contributed by atoms with van der Waals surface area (Å²) in [5.74, 6) is -1.07. The Hall–Kier alpha value is -2.08. The van der Waals surface area contributed by atoms with Crippen LogP contribution in [0.3, 0.4) is 0 Å². The molecule has 0 saturated carbocycles. The molecule has 2 rings (SSSR count). The molecule has 2 aromatic carbocycles. The Morgan fingerprint density at radius 3 is 2.38 bits per heavy atom. The van der Waals surface area contributed by atoms with Crippen LogP contribution >= 0.6 is 0 Å². The van der Waals surface area contributed by atoms with E-state index >= 15 is 0 Å². The number of hydrogen-bond acceptors (Lipinski definition) is 2. The second-order valence-electron chi connectivity index (χ2n) is 4.50. The Morgan fingerprint density at radius 2 is 1.81 bits per heavy atom. The van der Waals surface area contributed by atoms with E-state index < -0.39 is 17.6 Å². The van der Waals surface area contributed by atoms with Crippen molar-refractivity contribution in [1.82, 2.24) is 0 Å². The summed E-state index contributed by atoms with van der Waals surface area (Å²) in [6.07, 6.45) is -4.50. The fourth-order valence-corrected chi connectivity index (χ4v) is 1.82. The zero-order chi connectivity index (χ0) is 15.6. The van der Waals surface area contributed by atoms with Gasteiger partial charge in [0.1, 0.15) is 5.75 Å². The molecule has 112 valence electrons. The van der Waals surface area contributed by atoms with Gasteiger partial charge < -0.3 is 9.84 Å². The number of aliphatic hydroxyl groups excluding tert-OH is 1. The molecule has 2 aromatic rings. The average molecular weight is 300 g/mol. The SMILES string of the molecule is Cc1ccc(Oc2ccc(CO)cc2F)cc1C(F)(F)F. The number of aryl methyl sites for hydroxylation is 1. The number of halogens is 4. The third-order valence-corrected chi connectivity index (χ3v) is 2.92. The highest BCUT2D eigenvalue weighted by molar-refractivity contribution is 5.40. The maximum absolute atomic E-state index is 13.7. The largest absolute Gasteiger partial charge is 0.454 e. The second-order valence-corrected chi connectivity index (χ2v) is 4.50. The lowest BCUT2D eigenvalue weighted by atomic mass is 10.1. The van der Waals surface area contributed by atoms with Gasteiger partial charge in [-0.15, -0.1) is 0 Å². The Balaban J connectivity index is 2.32. The fraction of sp³-hybridized carbons (Fsp3) is 0.200. The molecule has 0 heterocycles. The van der Waals surface area contributed by atoms with Crippen LogP contribution in [-0.2, 0) is 12.8 Å². The smallest absolute Gasteiger partial charge is 0.416 e. The van der Waals surface area contributed by atoms with Gasteiger partial charge in [0.05, 0.1) is 12.2 Å². The topological polar surface area (TPSA) is 29.5 Å². The second kappa shape index (κ2) is 5.73. The molecule has 0 amide bonds. The van der Waals surface area contributed by atoms with E-state index in [1.54, 1.807) is 0 Å². The van der Waals surface area contributed by atoms with E-state index in [1.165, 1.54) is 31.2 Å². The van der Waals surface area contributed by atoms with Crippen LogP contribution in [-0.4, -0.2) is 5.11 Å². The summed E-state index contributed by atoms with van der Waals surface area (Å²) in [6, 6.07) is 7.18. The minimum Gasteiger partial charge on any atom is -0.454 e. The van der Waals surface area contributed by atoms with E-state index in [0.717, 1.165) is 12.1 Å². The maximum Gasteiger partial charge on any atom is 0.416 e. The minimum atomic E-state index is -4.50. The number of alkyl halides is 3. The number of ether oxygens (including phenoxy) is 1. The lowest BCUT2D eigenvalue weighted by molar-refractivity contribution is -0.138. The van der Waals surface area contributed by atoms with Crippen LogP contribution in [0, 0.1) is 12.7 Å². The lowest BCUT2D eigenvalue weighted by Gasteiger charge is -2.13.